The molecule has 214 valence electrons. The van der Waals surface area contributed by atoms with Crippen molar-refractivity contribution in [1.29, 1.82) is 0 Å². The zero-order valence-electron chi connectivity index (χ0n) is 23.3. The van der Waals surface area contributed by atoms with Crippen molar-refractivity contribution in [3.05, 3.63) is 102 Å². The number of hydrazine groups is 1. The number of amides is 1. The standard InChI is InChI=1S/C33H37N3O5/c1-39-29-12-5-11-27(22-29)30-33(32(38)36-34-23-25-13-14-25,19-6-10-24-8-3-2-4-9-24)35-31(41-30)26-15-17-28(18-16-26)40-21-7-20-37/h2-6,8-12,15-18,22,25,30,34,37H,7,13-14,19-21,23H2,1H3,(H,36,38)/b10-6+/t30-,33-/m0/s1. The Hall–Kier alpha value is -4.14. The van der Waals surface area contributed by atoms with Gasteiger partial charge in [0.25, 0.3) is 5.91 Å². The van der Waals surface area contributed by atoms with Crippen LogP contribution in [-0.4, -0.2) is 49.3 Å². The second kappa shape index (κ2) is 13.5. The smallest absolute Gasteiger partial charge is 0.266 e. The second-order valence-corrected chi connectivity index (χ2v) is 10.4. The number of aliphatic hydroxyl groups is 1. The number of carbonyl (C=O) groups is 1. The van der Waals surface area contributed by atoms with Gasteiger partial charge >= 0.3 is 0 Å². The fourth-order valence-corrected chi connectivity index (χ4v) is 4.76. The first-order valence-electron chi connectivity index (χ1n) is 14.1. The summed E-state index contributed by atoms with van der Waals surface area (Å²) in [6.45, 7) is 1.23. The van der Waals surface area contributed by atoms with Crippen molar-refractivity contribution in [1.82, 2.24) is 10.9 Å². The molecule has 0 bridgehead atoms. The summed E-state index contributed by atoms with van der Waals surface area (Å²) in [5.74, 6) is 2.07. The van der Waals surface area contributed by atoms with Crippen LogP contribution in [-0.2, 0) is 9.53 Å². The average Bonchev–Trinajstić information content (AvgIpc) is 3.76. The van der Waals surface area contributed by atoms with Crippen LogP contribution in [0.2, 0.25) is 0 Å². The maximum atomic E-state index is 14.1. The van der Waals surface area contributed by atoms with E-state index < -0.39 is 11.6 Å². The summed E-state index contributed by atoms with van der Waals surface area (Å²) in [4.78, 5) is 19.1. The van der Waals surface area contributed by atoms with Crippen LogP contribution in [0.4, 0.5) is 0 Å². The molecule has 0 radical (unpaired) electrons. The molecule has 0 aromatic heterocycles. The lowest BCUT2D eigenvalue weighted by atomic mass is 9.84. The largest absolute Gasteiger partial charge is 0.497 e. The molecule has 0 unspecified atom stereocenters. The average molecular weight is 556 g/mol. The first-order valence-corrected chi connectivity index (χ1v) is 14.1. The minimum atomic E-state index is -1.28. The van der Waals surface area contributed by atoms with E-state index in [1.165, 1.54) is 12.8 Å². The second-order valence-electron chi connectivity index (χ2n) is 10.4. The summed E-state index contributed by atoms with van der Waals surface area (Å²) in [6.07, 6.45) is 6.50. The molecule has 8 heteroatoms. The van der Waals surface area contributed by atoms with Gasteiger partial charge in [-0.1, -0.05) is 54.6 Å². The molecule has 41 heavy (non-hydrogen) atoms. The number of aliphatic hydroxyl groups excluding tert-OH is 1. The van der Waals surface area contributed by atoms with Crippen LogP contribution in [0.3, 0.4) is 0 Å². The third-order valence-corrected chi connectivity index (χ3v) is 7.25. The summed E-state index contributed by atoms with van der Waals surface area (Å²) in [5.41, 5.74) is 7.35. The Morgan fingerprint density at radius 3 is 2.61 bits per heavy atom. The SMILES string of the molecule is COc1cccc([C@@H]2OC(c3ccc(OCCCO)cc3)=N[C@]2(C/C=C/c2ccccc2)C(=O)NNCC2CC2)c1. The van der Waals surface area contributed by atoms with Crippen molar-refractivity contribution >= 4 is 17.9 Å². The summed E-state index contributed by atoms with van der Waals surface area (Å²) < 4.78 is 17.7. The van der Waals surface area contributed by atoms with Gasteiger partial charge in [-0.25, -0.2) is 10.4 Å². The van der Waals surface area contributed by atoms with Gasteiger partial charge in [0.15, 0.2) is 11.6 Å². The molecule has 1 aliphatic heterocycles. The fourth-order valence-electron chi connectivity index (χ4n) is 4.76. The Balaban J connectivity index is 1.50. The number of nitrogens with zero attached hydrogens (tertiary/aromatic N) is 1. The molecule has 1 amide bonds. The molecule has 1 saturated carbocycles. The van der Waals surface area contributed by atoms with Crippen molar-refractivity contribution in [2.24, 2.45) is 10.9 Å². The summed E-state index contributed by atoms with van der Waals surface area (Å²) in [7, 11) is 1.62. The van der Waals surface area contributed by atoms with Crippen molar-refractivity contribution < 1.29 is 24.1 Å². The summed E-state index contributed by atoms with van der Waals surface area (Å²) in [5, 5.41) is 9.03. The molecule has 2 aliphatic rings. The van der Waals surface area contributed by atoms with E-state index in [4.69, 9.17) is 24.3 Å². The van der Waals surface area contributed by atoms with Gasteiger partial charge in [-0.2, -0.15) is 0 Å². The van der Waals surface area contributed by atoms with E-state index in [2.05, 4.69) is 10.9 Å². The lowest BCUT2D eigenvalue weighted by Crippen LogP contribution is -2.52. The minimum absolute atomic E-state index is 0.0762. The van der Waals surface area contributed by atoms with Crippen molar-refractivity contribution in [3.8, 4) is 11.5 Å². The van der Waals surface area contributed by atoms with Crippen LogP contribution in [0.1, 0.15) is 48.5 Å². The lowest BCUT2D eigenvalue weighted by molar-refractivity contribution is -0.129. The number of nitrogens with one attached hydrogen (secondary N) is 2. The third-order valence-electron chi connectivity index (χ3n) is 7.25. The number of rotatable bonds is 14. The number of hydrogen-bond acceptors (Lipinski definition) is 7. The predicted octanol–water partition coefficient (Wildman–Crippen LogP) is 4.85. The van der Waals surface area contributed by atoms with Crippen LogP contribution in [0.5, 0.6) is 11.5 Å². The molecule has 3 N–H and O–H groups in total. The predicted molar refractivity (Wildman–Crippen MR) is 159 cm³/mol. The van der Waals surface area contributed by atoms with Gasteiger partial charge in [-0.3, -0.25) is 10.2 Å². The van der Waals surface area contributed by atoms with Gasteiger partial charge < -0.3 is 19.3 Å². The van der Waals surface area contributed by atoms with E-state index in [9.17, 15) is 4.79 Å². The molecule has 1 heterocycles. The third kappa shape index (κ3) is 7.14. The number of carbonyl (C=O) groups excluding carboxylic acids is 1. The number of ether oxygens (including phenoxy) is 3. The molecular weight excluding hydrogens is 518 g/mol. The minimum Gasteiger partial charge on any atom is -0.497 e. The van der Waals surface area contributed by atoms with E-state index in [0.29, 0.717) is 42.8 Å². The van der Waals surface area contributed by atoms with Crippen LogP contribution in [0.15, 0.2) is 89.9 Å². The van der Waals surface area contributed by atoms with Crippen LogP contribution >= 0.6 is 0 Å². The summed E-state index contributed by atoms with van der Waals surface area (Å²) >= 11 is 0. The molecule has 2 atom stereocenters. The molecular formula is C33H37N3O5. The number of benzene rings is 3. The highest BCUT2D eigenvalue weighted by atomic mass is 16.5. The quantitative estimate of drug-likeness (QED) is 0.194. The van der Waals surface area contributed by atoms with E-state index >= 15 is 0 Å². The zero-order chi connectivity index (χ0) is 28.5. The molecule has 0 spiro atoms. The Morgan fingerprint density at radius 1 is 1.07 bits per heavy atom. The molecule has 1 aliphatic carbocycles. The number of hydrogen-bond donors (Lipinski definition) is 3. The summed E-state index contributed by atoms with van der Waals surface area (Å²) in [6, 6.07) is 25.0. The Morgan fingerprint density at radius 2 is 1.88 bits per heavy atom. The van der Waals surface area contributed by atoms with Crippen molar-refractivity contribution in [3.63, 3.8) is 0 Å². The molecule has 3 aromatic rings. The Kier molecular flexibility index (Phi) is 9.33. The monoisotopic (exact) mass is 555 g/mol. The highest BCUT2D eigenvalue weighted by Gasteiger charge is 2.52. The highest BCUT2D eigenvalue weighted by Crippen LogP contribution is 2.43. The van der Waals surface area contributed by atoms with Gasteiger partial charge in [0, 0.05) is 31.6 Å². The van der Waals surface area contributed by atoms with E-state index in [-0.39, 0.29) is 12.5 Å². The maximum Gasteiger partial charge on any atom is 0.266 e. The zero-order valence-corrected chi connectivity index (χ0v) is 23.3. The number of aliphatic imine (C=N–C) groups is 1. The van der Waals surface area contributed by atoms with Gasteiger partial charge in [0.2, 0.25) is 5.90 Å². The maximum absolute atomic E-state index is 14.1. The molecule has 0 saturated heterocycles. The lowest BCUT2D eigenvalue weighted by Gasteiger charge is -2.30. The van der Waals surface area contributed by atoms with Crippen LogP contribution < -0.4 is 20.3 Å². The van der Waals surface area contributed by atoms with Crippen molar-refractivity contribution in [2.75, 3.05) is 26.9 Å². The van der Waals surface area contributed by atoms with Gasteiger partial charge in [0.1, 0.15) is 11.5 Å². The first kappa shape index (κ1) is 28.4. The Labute approximate surface area is 241 Å². The van der Waals surface area contributed by atoms with Crippen LogP contribution in [0.25, 0.3) is 6.08 Å². The number of methoxy groups -OCH3 is 1. The highest BCUT2D eigenvalue weighted by molar-refractivity contribution is 6.01. The molecule has 8 nitrogen and oxygen atoms in total. The molecule has 5 rings (SSSR count). The normalized spacial score (nSPS) is 20.0. The van der Waals surface area contributed by atoms with E-state index in [1.54, 1.807) is 7.11 Å². The van der Waals surface area contributed by atoms with Gasteiger partial charge in [0.05, 0.1) is 13.7 Å². The molecule has 1 fully saturated rings. The first-order chi connectivity index (χ1) is 20.1. The van der Waals surface area contributed by atoms with Gasteiger partial charge in [-0.05, 0) is 66.3 Å². The Bertz CT molecular complexity index is 1350. The van der Waals surface area contributed by atoms with E-state index in [1.807, 2.05) is 91.0 Å². The van der Waals surface area contributed by atoms with Crippen LogP contribution in [0, 0.1) is 5.92 Å². The van der Waals surface area contributed by atoms with Gasteiger partial charge in [-0.15, -0.1) is 0 Å². The van der Waals surface area contributed by atoms with Crippen molar-refractivity contribution in [2.45, 2.75) is 37.3 Å². The molecule has 3 aromatic carbocycles. The topological polar surface area (TPSA) is 101 Å². The fraction of sp³-hybridized carbons (Fsp3) is 0.333. The van der Waals surface area contributed by atoms with E-state index in [0.717, 1.165) is 23.2 Å².